The van der Waals surface area contributed by atoms with Crippen molar-refractivity contribution in [3.05, 3.63) is 16.4 Å². The second-order valence-electron chi connectivity index (χ2n) is 4.64. The maximum Gasteiger partial charge on any atom is 0.130 e. The molecule has 0 N–H and O–H groups in total. The second kappa shape index (κ2) is 4.10. The van der Waals surface area contributed by atoms with Crippen molar-refractivity contribution in [3.63, 3.8) is 0 Å². The van der Waals surface area contributed by atoms with E-state index in [9.17, 15) is 0 Å². The molecule has 2 nitrogen and oxygen atoms in total. The quantitative estimate of drug-likeness (QED) is 0.780. The van der Waals surface area contributed by atoms with Crippen LogP contribution >= 0.6 is 27.5 Å². The minimum Gasteiger partial charge on any atom is -0.257 e. The lowest BCUT2D eigenvalue weighted by molar-refractivity contribution is 0.169. The molecule has 1 saturated carbocycles. The zero-order chi connectivity index (χ0) is 11.1. The normalized spacial score (nSPS) is 18.9. The molecular formula is C11H16BrClN2. The number of hydrogen-bond acceptors (Lipinski definition) is 1. The molecule has 1 aliphatic carbocycles. The fourth-order valence-corrected chi connectivity index (χ4v) is 3.28. The summed E-state index contributed by atoms with van der Waals surface area (Å²) in [6.45, 7) is 2.04. The summed E-state index contributed by atoms with van der Waals surface area (Å²) in [6, 6.07) is 0. The summed E-state index contributed by atoms with van der Waals surface area (Å²) in [4.78, 5) is 0. The third kappa shape index (κ3) is 1.96. The summed E-state index contributed by atoms with van der Waals surface area (Å²) in [5, 5.41) is 6.24. The summed E-state index contributed by atoms with van der Waals surface area (Å²) >= 11 is 9.87. The Morgan fingerprint density at radius 1 is 1.53 bits per heavy atom. The van der Waals surface area contributed by atoms with Crippen LogP contribution in [0, 0.1) is 12.3 Å². The van der Waals surface area contributed by atoms with E-state index in [1.807, 2.05) is 14.0 Å². The number of halogens is 2. The van der Waals surface area contributed by atoms with Crippen LogP contribution in [0.15, 0.2) is 0 Å². The molecule has 1 heterocycles. The molecule has 0 saturated heterocycles. The zero-order valence-electron chi connectivity index (χ0n) is 9.19. The van der Waals surface area contributed by atoms with Crippen molar-refractivity contribution >= 4 is 27.5 Å². The SMILES string of the molecule is Cc1nn(C)c(Cl)c1CC1(CBr)CCC1. The Kier molecular flexibility index (Phi) is 3.13. The Hall–Kier alpha value is -0.0200. The number of hydrogen-bond donors (Lipinski definition) is 0. The minimum absolute atomic E-state index is 0.442. The molecular weight excluding hydrogens is 275 g/mol. The fraction of sp³-hybridized carbons (Fsp3) is 0.727. The molecule has 0 atom stereocenters. The second-order valence-corrected chi connectivity index (χ2v) is 5.56. The first-order valence-electron chi connectivity index (χ1n) is 5.32. The molecule has 0 radical (unpaired) electrons. The molecule has 0 bridgehead atoms. The average molecular weight is 292 g/mol. The molecule has 1 aromatic rings. The third-order valence-corrected chi connectivity index (χ3v) is 5.18. The summed E-state index contributed by atoms with van der Waals surface area (Å²) in [7, 11) is 1.90. The number of rotatable bonds is 3. The van der Waals surface area contributed by atoms with Crippen LogP contribution in [0.4, 0.5) is 0 Å². The van der Waals surface area contributed by atoms with Crippen LogP contribution in [0.25, 0.3) is 0 Å². The number of nitrogens with zero attached hydrogens (tertiary/aromatic N) is 2. The summed E-state index contributed by atoms with van der Waals surface area (Å²) in [5.74, 6) is 0. The standard InChI is InChI=1S/C11H16BrClN2/c1-8-9(10(13)15(2)14-8)6-11(7-12)4-3-5-11/h3-7H2,1-2H3. The molecule has 1 aliphatic rings. The summed E-state index contributed by atoms with van der Waals surface area (Å²) in [5.41, 5.74) is 2.75. The van der Waals surface area contributed by atoms with Crippen LogP contribution in [0.1, 0.15) is 30.5 Å². The summed E-state index contributed by atoms with van der Waals surface area (Å²) in [6.07, 6.45) is 5.03. The zero-order valence-corrected chi connectivity index (χ0v) is 11.5. The largest absolute Gasteiger partial charge is 0.257 e. The highest BCUT2D eigenvalue weighted by atomic mass is 79.9. The molecule has 84 valence electrons. The van der Waals surface area contributed by atoms with E-state index in [2.05, 4.69) is 21.0 Å². The Morgan fingerprint density at radius 3 is 2.53 bits per heavy atom. The topological polar surface area (TPSA) is 17.8 Å². The van der Waals surface area contributed by atoms with Gasteiger partial charge in [-0.15, -0.1) is 0 Å². The molecule has 4 heteroatoms. The third-order valence-electron chi connectivity index (χ3n) is 3.52. The van der Waals surface area contributed by atoms with Crippen molar-refractivity contribution in [2.75, 3.05) is 5.33 Å². The highest BCUT2D eigenvalue weighted by Crippen LogP contribution is 2.46. The highest BCUT2D eigenvalue weighted by molar-refractivity contribution is 9.09. The number of aryl methyl sites for hydroxylation is 2. The molecule has 1 fully saturated rings. The van der Waals surface area contributed by atoms with Gasteiger partial charge in [0.15, 0.2) is 0 Å². The van der Waals surface area contributed by atoms with E-state index >= 15 is 0 Å². The Morgan fingerprint density at radius 2 is 2.20 bits per heavy atom. The van der Waals surface area contributed by atoms with E-state index in [0.717, 1.165) is 22.6 Å². The van der Waals surface area contributed by atoms with Crippen molar-refractivity contribution in [1.82, 2.24) is 9.78 Å². The van der Waals surface area contributed by atoms with Gasteiger partial charge in [0, 0.05) is 17.9 Å². The van der Waals surface area contributed by atoms with E-state index in [0.29, 0.717) is 5.41 Å². The minimum atomic E-state index is 0.442. The van der Waals surface area contributed by atoms with Gasteiger partial charge in [-0.05, 0) is 31.6 Å². The summed E-state index contributed by atoms with van der Waals surface area (Å²) < 4.78 is 1.77. The molecule has 0 aliphatic heterocycles. The van der Waals surface area contributed by atoms with Crippen LogP contribution in [-0.4, -0.2) is 15.1 Å². The molecule has 2 rings (SSSR count). The van der Waals surface area contributed by atoms with Gasteiger partial charge in [0.2, 0.25) is 0 Å². The van der Waals surface area contributed by atoms with Crippen molar-refractivity contribution in [1.29, 1.82) is 0 Å². The fourth-order valence-electron chi connectivity index (χ4n) is 2.28. The van der Waals surface area contributed by atoms with Crippen molar-refractivity contribution < 1.29 is 0 Å². The van der Waals surface area contributed by atoms with Gasteiger partial charge in [-0.25, -0.2) is 0 Å². The van der Waals surface area contributed by atoms with Gasteiger partial charge in [-0.2, -0.15) is 5.10 Å². The monoisotopic (exact) mass is 290 g/mol. The van der Waals surface area contributed by atoms with Gasteiger partial charge in [0.1, 0.15) is 5.15 Å². The average Bonchev–Trinajstić information content (AvgIpc) is 2.37. The van der Waals surface area contributed by atoms with E-state index in [4.69, 9.17) is 11.6 Å². The molecule has 15 heavy (non-hydrogen) atoms. The van der Waals surface area contributed by atoms with Crippen LogP contribution in [0.5, 0.6) is 0 Å². The van der Waals surface area contributed by atoms with Gasteiger partial charge in [-0.3, -0.25) is 4.68 Å². The lowest BCUT2D eigenvalue weighted by Crippen LogP contribution is -2.33. The van der Waals surface area contributed by atoms with Crippen LogP contribution in [0.2, 0.25) is 5.15 Å². The van der Waals surface area contributed by atoms with E-state index in [1.54, 1.807) is 4.68 Å². The van der Waals surface area contributed by atoms with Gasteiger partial charge in [0.05, 0.1) is 5.69 Å². The first kappa shape index (κ1) is 11.5. The first-order chi connectivity index (χ1) is 7.08. The van der Waals surface area contributed by atoms with Crippen LogP contribution < -0.4 is 0 Å². The smallest absolute Gasteiger partial charge is 0.130 e. The maximum absolute atomic E-state index is 6.24. The van der Waals surface area contributed by atoms with E-state index in [1.165, 1.54) is 24.8 Å². The molecule has 0 spiro atoms. The highest BCUT2D eigenvalue weighted by Gasteiger charge is 2.37. The van der Waals surface area contributed by atoms with Crippen molar-refractivity contribution in [2.24, 2.45) is 12.5 Å². The molecule has 0 amide bonds. The molecule has 0 unspecified atom stereocenters. The lowest BCUT2D eigenvalue weighted by Gasteiger charge is -2.40. The van der Waals surface area contributed by atoms with Gasteiger partial charge < -0.3 is 0 Å². The molecule has 0 aromatic carbocycles. The van der Waals surface area contributed by atoms with E-state index < -0.39 is 0 Å². The lowest BCUT2D eigenvalue weighted by atomic mass is 9.67. The Labute approximate surface area is 104 Å². The number of alkyl halides is 1. The van der Waals surface area contributed by atoms with Gasteiger partial charge in [-0.1, -0.05) is 34.0 Å². The Bertz CT molecular complexity index is 363. The first-order valence-corrected chi connectivity index (χ1v) is 6.82. The maximum atomic E-state index is 6.24. The molecule has 1 aromatic heterocycles. The van der Waals surface area contributed by atoms with Crippen LogP contribution in [-0.2, 0) is 13.5 Å². The van der Waals surface area contributed by atoms with Crippen LogP contribution in [0.3, 0.4) is 0 Å². The van der Waals surface area contributed by atoms with E-state index in [-0.39, 0.29) is 0 Å². The Balaban J connectivity index is 2.23. The number of aromatic nitrogens is 2. The van der Waals surface area contributed by atoms with Crippen molar-refractivity contribution in [2.45, 2.75) is 32.6 Å². The predicted octanol–water partition coefficient (Wildman–Crippen LogP) is 3.49. The predicted molar refractivity (Wildman–Crippen MR) is 66.7 cm³/mol. The van der Waals surface area contributed by atoms with Crippen molar-refractivity contribution in [3.8, 4) is 0 Å². The van der Waals surface area contributed by atoms with Gasteiger partial charge in [0.25, 0.3) is 0 Å². The van der Waals surface area contributed by atoms with Gasteiger partial charge >= 0.3 is 0 Å².